The van der Waals surface area contributed by atoms with E-state index in [2.05, 4.69) is 25.3 Å². The van der Waals surface area contributed by atoms with Crippen LogP contribution in [-0.4, -0.2) is 45.9 Å². The van der Waals surface area contributed by atoms with Crippen LogP contribution in [0.3, 0.4) is 0 Å². The van der Waals surface area contributed by atoms with Gasteiger partial charge in [-0.2, -0.15) is 0 Å². The number of amidine groups is 1. The maximum Gasteiger partial charge on any atom is 0.171 e. The molecule has 33 heavy (non-hydrogen) atoms. The van der Waals surface area contributed by atoms with Crippen LogP contribution in [-0.2, 0) is 15.4 Å². The van der Waals surface area contributed by atoms with Crippen molar-refractivity contribution in [3.63, 3.8) is 0 Å². The maximum atomic E-state index is 15.1. The molecule has 1 saturated heterocycles. The predicted molar refractivity (Wildman–Crippen MR) is 122 cm³/mol. The Hall–Kier alpha value is -2.92. The fourth-order valence-electron chi connectivity index (χ4n) is 4.80. The molecule has 3 atom stereocenters. The number of alkyl halides is 1. The molecule has 172 valence electrons. The number of aliphatic imine (C=N–C) groups is 1. The van der Waals surface area contributed by atoms with Crippen molar-refractivity contribution in [3.8, 4) is 0 Å². The van der Waals surface area contributed by atoms with Crippen molar-refractivity contribution < 1.29 is 17.2 Å². The summed E-state index contributed by atoms with van der Waals surface area (Å²) < 4.78 is 53.5. The second-order valence-electron chi connectivity index (χ2n) is 8.41. The highest BCUT2D eigenvalue weighted by Crippen LogP contribution is 2.52. The SMILES string of the molecule is C[C@]1(c2cc(Nc3ncnc4cc(Cl)cnc34)ccc2F)N=C(N)[C@@]2(CF)CC[C@@H]1S2(=O)=O. The molecule has 2 aliphatic rings. The number of nitrogens with zero attached hydrogens (tertiary/aromatic N) is 4. The molecule has 2 bridgehead atoms. The van der Waals surface area contributed by atoms with Gasteiger partial charge in [-0.25, -0.2) is 32.2 Å². The van der Waals surface area contributed by atoms with Gasteiger partial charge in [0.15, 0.2) is 20.4 Å². The van der Waals surface area contributed by atoms with Crippen LogP contribution in [0, 0.1) is 5.82 Å². The molecule has 0 spiro atoms. The molecule has 3 N–H and O–H groups in total. The van der Waals surface area contributed by atoms with E-state index < -0.39 is 37.9 Å². The molecule has 4 heterocycles. The van der Waals surface area contributed by atoms with Crippen molar-refractivity contribution in [1.29, 1.82) is 0 Å². The summed E-state index contributed by atoms with van der Waals surface area (Å²) in [6.07, 6.45) is 2.94. The van der Waals surface area contributed by atoms with Gasteiger partial charge in [0, 0.05) is 17.4 Å². The van der Waals surface area contributed by atoms with Gasteiger partial charge in [-0.1, -0.05) is 11.6 Å². The number of nitrogens with one attached hydrogen (secondary N) is 1. The number of fused-ring (bicyclic) bond motifs is 3. The Bertz CT molecular complexity index is 1440. The van der Waals surface area contributed by atoms with Crippen molar-refractivity contribution in [2.45, 2.75) is 35.3 Å². The quantitative estimate of drug-likeness (QED) is 0.571. The normalized spacial score (nSPS) is 28.0. The Morgan fingerprint density at radius 1 is 1.27 bits per heavy atom. The monoisotopic (exact) mass is 492 g/mol. The summed E-state index contributed by atoms with van der Waals surface area (Å²) in [7, 11) is -4.03. The largest absolute Gasteiger partial charge is 0.386 e. The molecule has 8 nitrogen and oxygen atoms in total. The van der Waals surface area contributed by atoms with Crippen LogP contribution in [0.2, 0.25) is 5.02 Å². The Balaban J connectivity index is 1.61. The van der Waals surface area contributed by atoms with Crippen LogP contribution >= 0.6 is 11.6 Å². The molecule has 3 aromatic rings. The van der Waals surface area contributed by atoms with E-state index in [1.54, 1.807) is 6.07 Å². The summed E-state index contributed by atoms with van der Waals surface area (Å²) in [5.74, 6) is -0.607. The second kappa shape index (κ2) is 7.29. The predicted octanol–water partition coefficient (Wildman–Crippen LogP) is 3.43. The first-order valence-electron chi connectivity index (χ1n) is 10.1. The lowest BCUT2D eigenvalue weighted by Crippen LogP contribution is -2.58. The summed E-state index contributed by atoms with van der Waals surface area (Å²) >= 11 is 5.98. The van der Waals surface area contributed by atoms with Crippen LogP contribution in [0.1, 0.15) is 25.3 Å². The van der Waals surface area contributed by atoms with Crippen LogP contribution in [0.4, 0.5) is 20.3 Å². The minimum absolute atomic E-state index is 0.0160. The molecule has 5 rings (SSSR count). The first kappa shape index (κ1) is 21.9. The molecule has 1 fully saturated rings. The van der Waals surface area contributed by atoms with Gasteiger partial charge in [0.1, 0.15) is 35.7 Å². The van der Waals surface area contributed by atoms with Gasteiger partial charge in [0.25, 0.3) is 0 Å². The van der Waals surface area contributed by atoms with Crippen molar-refractivity contribution in [1.82, 2.24) is 15.0 Å². The minimum Gasteiger partial charge on any atom is -0.386 e. The van der Waals surface area contributed by atoms with Gasteiger partial charge < -0.3 is 11.1 Å². The Morgan fingerprint density at radius 2 is 2.06 bits per heavy atom. The number of anilines is 2. The third-order valence-corrected chi connectivity index (χ3v) is 9.87. The first-order chi connectivity index (χ1) is 15.6. The van der Waals surface area contributed by atoms with Gasteiger partial charge in [-0.3, -0.25) is 4.99 Å². The summed E-state index contributed by atoms with van der Waals surface area (Å²) in [5.41, 5.74) is 5.90. The van der Waals surface area contributed by atoms with Gasteiger partial charge in [-0.05, 0) is 44.0 Å². The smallest absolute Gasteiger partial charge is 0.171 e. The van der Waals surface area contributed by atoms with Crippen molar-refractivity contribution in [3.05, 3.63) is 53.2 Å². The topological polar surface area (TPSA) is 123 Å². The molecule has 0 radical (unpaired) electrons. The summed E-state index contributed by atoms with van der Waals surface area (Å²) in [6.45, 7) is 0.362. The minimum atomic E-state index is -4.03. The number of hydrogen-bond acceptors (Lipinski definition) is 8. The molecule has 2 aliphatic heterocycles. The zero-order valence-corrected chi connectivity index (χ0v) is 19.0. The molecule has 0 aliphatic carbocycles. The Kier molecular flexibility index (Phi) is 4.84. The van der Waals surface area contributed by atoms with E-state index in [0.29, 0.717) is 27.6 Å². The lowest BCUT2D eigenvalue weighted by atomic mass is 9.86. The Morgan fingerprint density at radius 3 is 2.82 bits per heavy atom. The van der Waals surface area contributed by atoms with Gasteiger partial charge >= 0.3 is 0 Å². The van der Waals surface area contributed by atoms with Crippen LogP contribution < -0.4 is 11.1 Å². The van der Waals surface area contributed by atoms with Crippen molar-refractivity contribution >= 4 is 49.8 Å². The van der Waals surface area contributed by atoms with Crippen LogP contribution in [0.5, 0.6) is 0 Å². The summed E-state index contributed by atoms with van der Waals surface area (Å²) in [6, 6.07) is 5.79. The van der Waals surface area contributed by atoms with Gasteiger partial charge in [0.2, 0.25) is 0 Å². The number of benzene rings is 1. The zero-order valence-electron chi connectivity index (χ0n) is 17.4. The second-order valence-corrected chi connectivity index (χ2v) is 11.3. The fraction of sp³-hybridized carbons (Fsp3) is 0.333. The van der Waals surface area contributed by atoms with E-state index in [1.165, 1.54) is 37.6 Å². The van der Waals surface area contributed by atoms with E-state index in [4.69, 9.17) is 17.3 Å². The standard InChI is InChI=1S/C21H19ClF2N6O2S/c1-20(16-4-5-21(9-23,19(25)30-20)33(16,31)32)13-7-12(2-3-14(13)24)29-18-17-15(27-10-28-18)6-11(22)8-26-17/h2-3,6-8,10,16H,4-5,9H2,1H3,(H2,25,30)(H,27,28,29)/t16-,20+,21-/m0/s1. The molecule has 2 aromatic heterocycles. The van der Waals surface area contributed by atoms with E-state index in [9.17, 15) is 12.8 Å². The molecule has 0 amide bonds. The van der Waals surface area contributed by atoms with E-state index in [-0.39, 0.29) is 24.2 Å². The number of aromatic nitrogens is 3. The average molecular weight is 493 g/mol. The first-order valence-corrected chi connectivity index (χ1v) is 12.0. The summed E-state index contributed by atoms with van der Waals surface area (Å²) in [4.78, 5) is 17.0. The lowest BCUT2D eigenvalue weighted by Gasteiger charge is -2.39. The van der Waals surface area contributed by atoms with Gasteiger partial charge in [-0.15, -0.1) is 0 Å². The van der Waals surface area contributed by atoms with Crippen LogP contribution in [0.15, 0.2) is 41.8 Å². The third kappa shape index (κ3) is 3.02. The van der Waals surface area contributed by atoms with Gasteiger partial charge in [0.05, 0.1) is 15.8 Å². The number of nitrogens with two attached hydrogens (primary N) is 1. The molecular weight excluding hydrogens is 474 g/mol. The Labute approximate surface area is 193 Å². The van der Waals surface area contributed by atoms with Crippen molar-refractivity contribution in [2.24, 2.45) is 10.7 Å². The van der Waals surface area contributed by atoms with E-state index in [1.807, 2.05) is 0 Å². The molecule has 0 saturated carbocycles. The van der Waals surface area contributed by atoms with Crippen molar-refractivity contribution in [2.75, 3.05) is 12.0 Å². The number of hydrogen-bond donors (Lipinski definition) is 2. The number of sulfone groups is 1. The number of rotatable bonds is 4. The zero-order chi connectivity index (χ0) is 23.6. The maximum absolute atomic E-state index is 15.1. The van der Waals surface area contributed by atoms with Crippen LogP contribution in [0.25, 0.3) is 11.0 Å². The number of pyridine rings is 1. The third-order valence-electron chi connectivity index (χ3n) is 6.61. The molecule has 12 heteroatoms. The highest BCUT2D eigenvalue weighted by Gasteiger charge is 2.65. The highest BCUT2D eigenvalue weighted by molar-refractivity contribution is 7.94. The lowest BCUT2D eigenvalue weighted by molar-refractivity contribution is 0.415. The fourth-order valence-corrected chi connectivity index (χ4v) is 7.60. The van der Waals surface area contributed by atoms with E-state index >= 15 is 4.39 Å². The average Bonchev–Trinajstić information content (AvgIpc) is 2.98. The molecule has 1 aromatic carbocycles. The van der Waals surface area contributed by atoms with E-state index in [0.717, 1.165) is 0 Å². The highest BCUT2D eigenvalue weighted by atomic mass is 35.5. The summed E-state index contributed by atoms with van der Waals surface area (Å²) in [5, 5.41) is 2.39. The number of halogens is 3. The molecular formula is C21H19ClF2N6O2S. The molecule has 0 unspecified atom stereocenters.